The summed E-state index contributed by atoms with van der Waals surface area (Å²) in [6.07, 6.45) is 0. The van der Waals surface area contributed by atoms with Crippen molar-refractivity contribution >= 4 is 34.2 Å². The van der Waals surface area contributed by atoms with Crippen LogP contribution in [-0.2, 0) is 0 Å². The number of rotatable bonds is 4. The molecule has 0 aliphatic heterocycles. The zero-order chi connectivity index (χ0) is 15.4. The second-order valence-electron chi connectivity index (χ2n) is 4.19. The first-order chi connectivity index (χ1) is 10.0. The lowest BCUT2D eigenvalue weighted by atomic mass is 10.2. The number of ether oxygens (including phenoxy) is 2. The highest BCUT2D eigenvalue weighted by molar-refractivity contribution is 14.1. The Labute approximate surface area is 136 Å². The molecule has 6 heteroatoms. The topological polar surface area (TPSA) is 67.8 Å². The van der Waals surface area contributed by atoms with E-state index in [1.807, 2.05) is 22.6 Å². The molecule has 2 N–H and O–H groups in total. The van der Waals surface area contributed by atoms with Gasteiger partial charge in [0.15, 0.2) is 11.5 Å². The van der Waals surface area contributed by atoms with Gasteiger partial charge in [-0.05, 0) is 52.9 Å². The van der Waals surface area contributed by atoms with Crippen LogP contribution in [0.15, 0.2) is 36.4 Å². The highest BCUT2D eigenvalue weighted by Gasteiger charge is 2.10. The van der Waals surface area contributed by atoms with Crippen LogP contribution in [0.4, 0.5) is 5.69 Å². The Kier molecular flexibility index (Phi) is 4.89. The number of hydrogen-bond acceptors (Lipinski definition) is 4. The number of anilines is 1. The van der Waals surface area contributed by atoms with Crippen molar-refractivity contribution in [2.45, 2.75) is 0 Å². The van der Waals surface area contributed by atoms with E-state index < -0.39 is 0 Å². The van der Waals surface area contributed by atoms with Crippen LogP contribution in [0.2, 0.25) is 0 Å². The molecule has 0 aromatic heterocycles. The summed E-state index contributed by atoms with van der Waals surface area (Å²) in [7, 11) is 3.07. The van der Waals surface area contributed by atoms with Crippen LogP contribution in [-0.4, -0.2) is 25.2 Å². The van der Waals surface area contributed by atoms with Crippen molar-refractivity contribution in [3.05, 3.63) is 45.5 Å². The largest absolute Gasteiger partial charge is 0.507 e. The highest BCUT2D eigenvalue weighted by atomic mass is 127. The summed E-state index contributed by atoms with van der Waals surface area (Å²) in [5.74, 6) is 0.882. The molecule has 0 radical (unpaired) electrons. The summed E-state index contributed by atoms with van der Waals surface area (Å²) in [4.78, 5) is 12.1. The van der Waals surface area contributed by atoms with E-state index in [2.05, 4.69) is 5.32 Å². The molecule has 21 heavy (non-hydrogen) atoms. The molecule has 0 fully saturated rings. The molecule has 0 aliphatic rings. The van der Waals surface area contributed by atoms with E-state index >= 15 is 0 Å². The summed E-state index contributed by atoms with van der Waals surface area (Å²) in [6.45, 7) is 0. The van der Waals surface area contributed by atoms with Gasteiger partial charge in [-0.2, -0.15) is 0 Å². The molecular weight excluding hydrogens is 385 g/mol. The normalized spacial score (nSPS) is 10.0. The summed E-state index contributed by atoms with van der Waals surface area (Å²) in [6, 6.07) is 9.85. The summed E-state index contributed by atoms with van der Waals surface area (Å²) < 4.78 is 11.0. The van der Waals surface area contributed by atoms with E-state index in [1.54, 1.807) is 37.4 Å². The van der Waals surface area contributed by atoms with Gasteiger partial charge in [0, 0.05) is 17.3 Å². The predicted molar refractivity (Wildman–Crippen MR) is 88.3 cm³/mol. The maximum atomic E-state index is 12.1. The molecule has 0 unspecified atom stereocenters. The third-order valence-electron chi connectivity index (χ3n) is 2.85. The molecule has 5 nitrogen and oxygen atoms in total. The molecule has 0 atom stereocenters. The Morgan fingerprint density at radius 2 is 1.81 bits per heavy atom. The van der Waals surface area contributed by atoms with Crippen LogP contribution < -0.4 is 14.8 Å². The number of phenolic OH excluding ortho intramolecular Hbond substituents is 1. The molecule has 2 rings (SSSR count). The van der Waals surface area contributed by atoms with Gasteiger partial charge in [-0.3, -0.25) is 4.79 Å². The lowest BCUT2D eigenvalue weighted by Crippen LogP contribution is -2.12. The summed E-state index contributed by atoms with van der Waals surface area (Å²) in [5.41, 5.74) is 0.957. The quantitative estimate of drug-likeness (QED) is 0.775. The van der Waals surface area contributed by atoms with Gasteiger partial charge < -0.3 is 19.9 Å². The van der Waals surface area contributed by atoms with Crippen LogP contribution in [0.3, 0.4) is 0 Å². The molecule has 1 amide bonds. The Balaban J connectivity index is 2.21. The number of carbonyl (C=O) groups is 1. The number of aromatic hydroxyl groups is 1. The first-order valence-electron chi connectivity index (χ1n) is 6.07. The fourth-order valence-corrected chi connectivity index (χ4v) is 2.11. The van der Waals surface area contributed by atoms with Gasteiger partial charge in [0.25, 0.3) is 5.91 Å². The number of phenols is 1. The first-order valence-corrected chi connectivity index (χ1v) is 7.15. The summed E-state index contributed by atoms with van der Waals surface area (Å²) in [5, 5.41) is 12.4. The average molecular weight is 399 g/mol. The third-order valence-corrected chi connectivity index (χ3v) is 3.76. The number of nitrogens with one attached hydrogen (secondary N) is 1. The molecule has 0 heterocycles. The maximum absolute atomic E-state index is 12.1. The fourth-order valence-electron chi connectivity index (χ4n) is 1.77. The van der Waals surface area contributed by atoms with E-state index in [4.69, 9.17) is 9.47 Å². The van der Waals surface area contributed by atoms with Crippen LogP contribution >= 0.6 is 22.6 Å². The van der Waals surface area contributed by atoms with E-state index in [0.29, 0.717) is 26.3 Å². The molecule has 0 saturated heterocycles. The third kappa shape index (κ3) is 3.57. The highest BCUT2D eigenvalue weighted by Crippen LogP contribution is 2.30. The van der Waals surface area contributed by atoms with Gasteiger partial charge >= 0.3 is 0 Å². The number of halogens is 1. The minimum absolute atomic E-state index is 0.0792. The van der Waals surface area contributed by atoms with Crippen molar-refractivity contribution in [2.75, 3.05) is 19.5 Å². The number of amides is 1. The Bertz CT molecular complexity index is 673. The van der Waals surface area contributed by atoms with Crippen molar-refractivity contribution in [1.29, 1.82) is 0 Å². The second-order valence-corrected chi connectivity index (χ2v) is 5.35. The van der Waals surface area contributed by atoms with E-state index in [0.717, 1.165) is 0 Å². The Hall–Kier alpha value is -1.96. The van der Waals surface area contributed by atoms with Gasteiger partial charge in [0.1, 0.15) is 5.75 Å². The molecule has 0 saturated carbocycles. The zero-order valence-electron chi connectivity index (χ0n) is 11.5. The Morgan fingerprint density at radius 1 is 1.10 bits per heavy atom. The number of carbonyl (C=O) groups excluding carboxylic acids is 1. The number of hydrogen-bond donors (Lipinski definition) is 2. The molecule has 0 bridgehead atoms. The van der Waals surface area contributed by atoms with Crippen LogP contribution in [0, 0.1) is 3.57 Å². The monoisotopic (exact) mass is 399 g/mol. The molecule has 0 spiro atoms. The van der Waals surface area contributed by atoms with Gasteiger partial charge in [0.2, 0.25) is 0 Å². The smallest absolute Gasteiger partial charge is 0.255 e. The predicted octanol–water partition coefficient (Wildman–Crippen LogP) is 3.27. The van der Waals surface area contributed by atoms with Crippen molar-refractivity contribution < 1.29 is 19.4 Å². The second kappa shape index (κ2) is 6.66. The molecular formula is C15H14INO4. The van der Waals surface area contributed by atoms with Gasteiger partial charge in [-0.25, -0.2) is 0 Å². The molecule has 2 aromatic carbocycles. The van der Waals surface area contributed by atoms with Crippen molar-refractivity contribution in [2.24, 2.45) is 0 Å². The Morgan fingerprint density at radius 3 is 2.43 bits per heavy atom. The average Bonchev–Trinajstić information content (AvgIpc) is 2.49. The van der Waals surface area contributed by atoms with Crippen LogP contribution in [0.5, 0.6) is 17.2 Å². The van der Waals surface area contributed by atoms with Crippen molar-refractivity contribution in [3.63, 3.8) is 0 Å². The standard InChI is InChI=1S/C15H14INO4/c1-20-13-6-4-10(8-14(13)21-2)17-15(19)9-3-5-11(16)12(18)7-9/h3-8,18H,1-2H3,(H,17,19). The van der Waals surface area contributed by atoms with Gasteiger partial charge in [0.05, 0.1) is 17.8 Å². The minimum atomic E-state index is -0.311. The van der Waals surface area contributed by atoms with Gasteiger partial charge in [-0.15, -0.1) is 0 Å². The van der Waals surface area contributed by atoms with Crippen LogP contribution in [0.25, 0.3) is 0 Å². The first kappa shape index (κ1) is 15.4. The van der Waals surface area contributed by atoms with Gasteiger partial charge in [-0.1, -0.05) is 0 Å². The summed E-state index contributed by atoms with van der Waals surface area (Å²) >= 11 is 1.99. The minimum Gasteiger partial charge on any atom is -0.507 e. The van der Waals surface area contributed by atoms with E-state index in [-0.39, 0.29) is 11.7 Å². The number of methoxy groups -OCH3 is 2. The van der Waals surface area contributed by atoms with E-state index in [9.17, 15) is 9.90 Å². The van der Waals surface area contributed by atoms with Crippen LogP contribution in [0.1, 0.15) is 10.4 Å². The molecule has 0 aliphatic carbocycles. The molecule has 2 aromatic rings. The number of benzene rings is 2. The lowest BCUT2D eigenvalue weighted by molar-refractivity contribution is 0.102. The maximum Gasteiger partial charge on any atom is 0.255 e. The van der Waals surface area contributed by atoms with E-state index in [1.165, 1.54) is 13.2 Å². The SMILES string of the molecule is COc1ccc(NC(=O)c2ccc(I)c(O)c2)cc1OC. The zero-order valence-corrected chi connectivity index (χ0v) is 13.7. The van der Waals surface area contributed by atoms with Crippen molar-refractivity contribution in [1.82, 2.24) is 0 Å². The molecule has 110 valence electrons. The lowest BCUT2D eigenvalue weighted by Gasteiger charge is -2.11. The van der Waals surface area contributed by atoms with Crippen molar-refractivity contribution in [3.8, 4) is 17.2 Å². The fraction of sp³-hybridized carbons (Fsp3) is 0.133.